The van der Waals surface area contributed by atoms with Gasteiger partial charge in [-0.2, -0.15) is 0 Å². The third kappa shape index (κ3) is 4.40. The van der Waals surface area contributed by atoms with E-state index < -0.39 is 5.41 Å². The summed E-state index contributed by atoms with van der Waals surface area (Å²) < 4.78 is 5.32. The van der Waals surface area contributed by atoms with Gasteiger partial charge in [-0.15, -0.1) is 0 Å². The summed E-state index contributed by atoms with van der Waals surface area (Å²) in [5.41, 5.74) is 1.60. The first kappa shape index (κ1) is 24.2. The molecule has 1 aliphatic carbocycles. The molecule has 2 aliphatic rings. The monoisotopic (exact) mass is 464 g/mol. The highest BCUT2D eigenvalue weighted by atomic mass is 16.5. The molecule has 1 aliphatic heterocycles. The zero-order chi connectivity index (χ0) is 24.5. The molecule has 4 rings (SSSR count). The van der Waals surface area contributed by atoms with Gasteiger partial charge in [0.1, 0.15) is 17.3 Å². The van der Waals surface area contributed by atoms with E-state index in [-0.39, 0.29) is 17.2 Å². The fourth-order valence-electron chi connectivity index (χ4n) is 5.42. The minimum absolute atomic E-state index is 0.120. The van der Waals surface area contributed by atoms with Gasteiger partial charge in [-0.1, -0.05) is 31.9 Å². The number of carbonyl (C=O) groups is 2. The van der Waals surface area contributed by atoms with Crippen LogP contribution in [0.3, 0.4) is 0 Å². The molecule has 1 saturated carbocycles. The standard InChI is InChI=1S/C27H36N4O3/c1-19-18-22(23(32)30(3)4)29-24(28-19)26(2)14-16-31(17-15-26)25(33)27(12-6-7-13-27)20-8-10-21(34-5)11-9-20/h8-11,18H,6-7,12-17H2,1-5H3. The summed E-state index contributed by atoms with van der Waals surface area (Å²) in [7, 11) is 5.12. The van der Waals surface area contributed by atoms with E-state index in [1.54, 1.807) is 27.3 Å². The number of aromatic nitrogens is 2. The average Bonchev–Trinajstić information content (AvgIpc) is 3.34. The van der Waals surface area contributed by atoms with Gasteiger partial charge in [0.2, 0.25) is 5.91 Å². The van der Waals surface area contributed by atoms with Gasteiger partial charge in [-0.05, 0) is 56.4 Å². The Morgan fingerprint density at radius 2 is 1.62 bits per heavy atom. The molecule has 2 heterocycles. The number of hydrogen-bond donors (Lipinski definition) is 0. The fraction of sp³-hybridized carbons (Fsp3) is 0.556. The smallest absolute Gasteiger partial charge is 0.272 e. The van der Waals surface area contributed by atoms with E-state index in [4.69, 9.17) is 9.72 Å². The van der Waals surface area contributed by atoms with Crippen LogP contribution >= 0.6 is 0 Å². The molecular weight excluding hydrogens is 428 g/mol. The van der Waals surface area contributed by atoms with Crippen LogP contribution in [0.4, 0.5) is 0 Å². The SMILES string of the molecule is COc1ccc(C2(C(=O)N3CCC(C)(c4nc(C)cc(C(=O)N(C)C)n4)CC3)CCCC2)cc1. The topological polar surface area (TPSA) is 75.6 Å². The molecule has 2 aromatic rings. The minimum atomic E-state index is -0.439. The number of piperidine rings is 1. The molecule has 1 aromatic heterocycles. The molecule has 0 bridgehead atoms. The number of rotatable bonds is 5. The summed E-state index contributed by atoms with van der Waals surface area (Å²) >= 11 is 0. The lowest BCUT2D eigenvalue weighted by atomic mass is 9.75. The van der Waals surface area contributed by atoms with Crippen LogP contribution < -0.4 is 4.74 Å². The molecule has 0 unspecified atom stereocenters. The third-order valence-corrected chi connectivity index (χ3v) is 7.68. The first-order chi connectivity index (χ1) is 16.2. The van der Waals surface area contributed by atoms with Gasteiger partial charge in [0.15, 0.2) is 0 Å². The molecule has 0 N–H and O–H groups in total. The Bertz CT molecular complexity index is 1050. The Morgan fingerprint density at radius 1 is 1.00 bits per heavy atom. The summed E-state index contributed by atoms with van der Waals surface area (Å²) in [6.07, 6.45) is 5.48. The average molecular weight is 465 g/mol. The number of hydrogen-bond acceptors (Lipinski definition) is 5. The Morgan fingerprint density at radius 3 is 2.18 bits per heavy atom. The first-order valence-corrected chi connectivity index (χ1v) is 12.2. The van der Waals surface area contributed by atoms with E-state index in [1.165, 1.54) is 4.90 Å². The van der Waals surface area contributed by atoms with E-state index in [0.29, 0.717) is 24.6 Å². The van der Waals surface area contributed by atoms with Crippen LogP contribution in [0.1, 0.15) is 73.0 Å². The number of carbonyl (C=O) groups excluding carboxylic acids is 2. The van der Waals surface area contributed by atoms with Gasteiger partial charge >= 0.3 is 0 Å². The maximum atomic E-state index is 13.9. The maximum absolute atomic E-state index is 13.9. The van der Waals surface area contributed by atoms with Crippen molar-refractivity contribution in [1.82, 2.24) is 19.8 Å². The van der Waals surface area contributed by atoms with E-state index in [1.807, 2.05) is 24.0 Å². The van der Waals surface area contributed by atoms with Crippen molar-refractivity contribution < 1.29 is 14.3 Å². The largest absolute Gasteiger partial charge is 0.497 e. The van der Waals surface area contributed by atoms with Gasteiger partial charge in [0, 0.05) is 38.3 Å². The Labute approximate surface area is 202 Å². The number of methoxy groups -OCH3 is 1. The molecule has 182 valence electrons. The van der Waals surface area contributed by atoms with Crippen LogP contribution in [0.5, 0.6) is 5.75 Å². The van der Waals surface area contributed by atoms with Gasteiger partial charge < -0.3 is 14.5 Å². The lowest BCUT2D eigenvalue weighted by molar-refractivity contribution is -0.139. The molecule has 7 heteroatoms. The van der Waals surface area contributed by atoms with Crippen molar-refractivity contribution in [3.05, 3.63) is 53.1 Å². The molecule has 2 amide bonds. The summed E-state index contributed by atoms with van der Waals surface area (Å²) in [4.78, 5) is 39.4. The van der Waals surface area contributed by atoms with Crippen molar-refractivity contribution in [2.45, 2.75) is 63.2 Å². The van der Waals surface area contributed by atoms with Crippen molar-refractivity contribution in [3.8, 4) is 5.75 Å². The molecule has 1 saturated heterocycles. The third-order valence-electron chi connectivity index (χ3n) is 7.68. The highest BCUT2D eigenvalue weighted by Gasteiger charge is 2.47. The van der Waals surface area contributed by atoms with Crippen LogP contribution in [0, 0.1) is 6.92 Å². The van der Waals surface area contributed by atoms with Gasteiger partial charge in [0.25, 0.3) is 5.91 Å². The van der Waals surface area contributed by atoms with Crippen molar-refractivity contribution in [3.63, 3.8) is 0 Å². The zero-order valence-corrected chi connectivity index (χ0v) is 21.1. The van der Waals surface area contributed by atoms with Crippen LogP contribution in [-0.4, -0.2) is 65.9 Å². The predicted molar refractivity (Wildman–Crippen MR) is 131 cm³/mol. The summed E-state index contributed by atoms with van der Waals surface area (Å²) in [6, 6.07) is 9.77. The van der Waals surface area contributed by atoms with Gasteiger partial charge in [-0.25, -0.2) is 9.97 Å². The first-order valence-electron chi connectivity index (χ1n) is 12.2. The van der Waals surface area contributed by atoms with Gasteiger partial charge in [-0.3, -0.25) is 9.59 Å². The van der Waals surface area contributed by atoms with Crippen LogP contribution in [0.2, 0.25) is 0 Å². The second kappa shape index (κ2) is 9.35. The fourth-order valence-corrected chi connectivity index (χ4v) is 5.42. The molecular formula is C27H36N4O3. The van der Waals surface area contributed by atoms with E-state index >= 15 is 0 Å². The van der Waals surface area contributed by atoms with Gasteiger partial charge in [0.05, 0.1) is 12.5 Å². The lowest BCUT2D eigenvalue weighted by Gasteiger charge is -2.42. The van der Waals surface area contributed by atoms with Crippen LogP contribution in [-0.2, 0) is 15.6 Å². The number of aryl methyl sites for hydroxylation is 1. The summed E-state index contributed by atoms with van der Waals surface area (Å²) in [5.74, 6) is 1.63. The zero-order valence-electron chi connectivity index (χ0n) is 21.1. The Balaban J connectivity index is 1.53. The van der Waals surface area contributed by atoms with Crippen LogP contribution in [0.15, 0.2) is 30.3 Å². The van der Waals surface area contributed by atoms with Crippen molar-refractivity contribution in [2.24, 2.45) is 0 Å². The summed E-state index contributed by atoms with van der Waals surface area (Å²) in [5, 5.41) is 0. The highest BCUT2D eigenvalue weighted by molar-refractivity contribution is 5.92. The second-order valence-electron chi connectivity index (χ2n) is 10.3. The molecule has 0 radical (unpaired) electrons. The van der Waals surface area contributed by atoms with Crippen LogP contribution in [0.25, 0.3) is 0 Å². The quantitative estimate of drug-likeness (QED) is 0.671. The number of likely N-dealkylation sites (tertiary alicyclic amines) is 1. The normalized spacial score (nSPS) is 19.0. The predicted octanol–water partition coefficient (Wildman–Crippen LogP) is 3.89. The number of benzene rings is 1. The molecule has 0 spiro atoms. The Hall–Kier alpha value is -2.96. The van der Waals surface area contributed by atoms with E-state index in [0.717, 1.165) is 55.5 Å². The minimum Gasteiger partial charge on any atom is -0.497 e. The van der Waals surface area contributed by atoms with E-state index in [9.17, 15) is 9.59 Å². The number of nitrogens with zero attached hydrogens (tertiary/aromatic N) is 4. The van der Waals surface area contributed by atoms with E-state index in [2.05, 4.69) is 24.0 Å². The molecule has 7 nitrogen and oxygen atoms in total. The van der Waals surface area contributed by atoms with Crippen molar-refractivity contribution >= 4 is 11.8 Å². The Kier molecular flexibility index (Phi) is 6.65. The second-order valence-corrected chi connectivity index (χ2v) is 10.3. The van der Waals surface area contributed by atoms with Crippen molar-refractivity contribution in [2.75, 3.05) is 34.3 Å². The molecule has 2 fully saturated rings. The highest BCUT2D eigenvalue weighted by Crippen LogP contribution is 2.44. The lowest BCUT2D eigenvalue weighted by Crippen LogP contribution is -2.51. The maximum Gasteiger partial charge on any atom is 0.272 e. The summed E-state index contributed by atoms with van der Waals surface area (Å²) in [6.45, 7) is 5.39. The number of ether oxygens (including phenoxy) is 1. The molecule has 34 heavy (non-hydrogen) atoms. The van der Waals surface area contributed by atoms with Crippen molar-refractivity contribution in [1.29, 1.82) is 0 Å². The number of amides is 2. The molecule has 0 atom stereocenters. The molecule has 1 aromatic carbocycles.